The van der Waals surface area contributed by atoms with Gasteiger partial charge in [-0.15, -0.1) is 11.8 Å². The molecular weight excluding hydrogens is 300 g/mol. The molecule has 0 saturated carbocycles. The highest BCUT2D eigenvalue weighted by Gasteiger charge is 2.16. The number of carbonyl (C=O) groups excluding carboxylic acids is 1. The van der Waals surface area contributed by atoms with Crippen LogP contribution in [-0.2, 0) is 5.75 Å². The van der Waals surface area contributed by atoms with E-state index in [1.54, 1.807) is 6.07 Å². The van der Waals surface area contributed by atoms with Crippen molar-refractivity contribution in [1.29, 1.82) is 0 Å². The van der Waals surface area contributed by atoms with Gasteiger partial charge in [0.05, 0.1) is 4.92 Å². The number of carbonyl (C=O) groups is 1. The first-order valence-electron chi connectivity index (χ1n) is 6.65. The summed E-state index contributed by atoms with van der Waals surface area (Å²) in [5.41, 5.74) is 8.19. The summed E-state index contributed by atoms with van der Waals surface area (Å²) in [5.74, 6) is -0.214. The molecule has 1 amide bonds. The van der Waals surface area contributed by atoms with Crippen LogP contribution in [0.25, 0.3) is 0 Å². The Balaban J connectivity index is 2.23. The summed E-state index contributed by atoms with van der Waals surface area (Å²) in [7, 11) is 0. The Morgan fingerprint density at radius 3 is 2.50 bits per heavy atom. The fourth-order valence-corrected chi connectivity index (χ4v) is 2.96. The van der Waals surface area contributed by atoms with Crippen molar-refractivity contribution < 1.29 is 9.72 Å². The van der Waals surface area contributed by atoms with Crippen LogP contribution in [0.15, 0.2) is 41.3 Å². The second kappa shape index (κ2) is 6.62. The molecule has 0 atom stereocenters. The molecule has 0 aromatic heterocycles. The molecule has 2 rings (SSSR count). The summed E-state index contributed by atoms with van der Waals surface area (Å²) >= 11 is 1.52. The maximum atomic E-state index is 11.2. The average molecular weight is 316 g/mol. The van der Waals surface area contributed by atoms with Crippen LogP contribution in [0.2, 0.25) is 0 Å². The van der Waals surface area contributed by atoms with Gasteiger partial charge in [-0.05, 0) is 43.2 Å². The lowest BCUT2D eigenvalue weighted by Crippen LogP contribution is -2.11. The normalized spacial score (nSPS) is 10.5. The minimum absolute atomic E-state index is 0.0763. The Labute approximate surface area is 132 Å². The fourth-order valence-electron chi connectivity index (χ4n) is 1.97. The van der Waals surface area contributed by atoms with Crippen molar-refractivity contribution in [1.82, 2.24) is 0 Å². The monoisotopic (exact) mass is 316 g/mol. The Morgan fingerprint density at radius 2 is 1.91 bits per heavy atom. The molecule has 0 radical (unpaired) electrons. The lowest BCUT2D eigenvalue weighted by Gasteiger charge is -2.07. The highest BCUT2D eigenvalue weighted by molar-refractivity contribution is 7.98. The molecule has 2 aromatic carbocycles. The zero-order valence-corrected chi connectivity index (χ0v) is 13.1. The van der Waals surface area contributed by atoms with Gasteiger partial charge in [-0.1, -0.05) is 12.1 Å². The summed E-state index contributed by atoms with van der Waals surface area (Å²) in [6, 6.07) is 10.4. The second-order valence-corrected chi connectivity index (χ2v) is 6.05. The van der Waals surface area contributed by atoms with E-state index in [1.807, 2.05) is 26.0 Å². The van der Waals surface area contributed by atoms with Crippen LogP contribution >= 0.6 is 11.8 Å². The van der Waals surface area contributed by atoms with Gasteiger partial charge in [0.1, 0.15) is 0 Å². The van der Waals surface area contributed by atoms with Gasteiger partial charge in [-0.2, -0.15) is 0 Å². The first kappa shape index (κ1) is 16.0. The molecule has 0 bridgehead atoms. The first-order chi connectivity index (χ1) is 10.4. The van der Waals surface area contributed by atoms with Crippen LogP contribution in [0, 0.1) is 24.0 Å². The topological polar surface area (TPSA) is 86.2 Å². The van der Waals surface area contributed by atoms with E-state index in [2.05, 4.69) is 6.07 Å². The molecule has 0 heterocycles. The van der Waals surface area contributed by atoms with Crippen LogP contribution in [0.5, 0.6) is 0 Å². The predicted octanol–water partition coefficient (Wildman–Crippen LogP) is 3.60. The molecular formula is C16H16N2O3S. The molecule has 22 heavy (non-hydrogen) atoms. The number of hydrogen-bond acceptors (Lipinski definition) is 4. The number of benzene rings is 2. The van der Waals surface area contributed by atoms with Crippen LogP contribution in [0.1, 0.15) is 27.0 Å². The molecule has 0 unspecified atom stereocenters. The van der Waals surface area contributed by atoms with Gasteiger partial charge < -0.3 is 5.73 Å². The Bertz CT molecular complexity index is 744. The maximum Gasteiger partial charge on any atom is 0.274 e. The van der Waals surface area contributed by atoms with Crippen LogP contribution < -0.4 is 5.73 Å². The minimum Gasteiger partial charge on any atom is -0.366 e. The highest BCUT2D eigenvalue weighted by Crippen LogP contribution is 2.29. The van der Waals surface area contributed by atoms with Crippen molar-refractivity contribution in [2.24, 2.45) is 5.73 Å². The number of nitro groups is 1. The van der Waals surface area contributed by atoms with E-state index < -0.39 is 10.8 Å². The lowest BCUT2D eigenvalue weighted by atomic mass is 10.1. The van der Waals surface area contributed by atoms with Crippen molar-refractivity contribution in [2.75, 3.05) is 0 Å². The van der Waals surface area contributed by atoms with E-state index in [-0.39, 0.29) is 11.3 Å². The van der Waals surface area contributed by atoms with E-state index in [1.165, 1.54) is 35.0 Å². The third-order valence-corrected chi connectivity index (χ3v) is 4.48. The number of nitrogens with two attached hydrogens (primary N) is 1. The second-order valence-electron chi connectivity index (χ2n) is 5.00. The fraction of sp³-hybridized carbons (Fsp3) is 0.188. The number of nitro benzene ring substituents is 1. The van der Waals surface area contributed by atoms with E-state index in [0.717, 1.165) is 4.90 Å². The molecule has 2 aromatic rings. The number of hydrogen-bond donors (Lipinski definition) is 1. The molecule has 6 heteroatoms. The number of primary amides is 1. The molecule has 5 nitrogen and oxygen atoms in total. The van der Waals surface area contributed by atoms with Gasteiger partial charge >= 0.3 is 0 Å². The zero-order valence-electron chi connectivity index (χ0n) is 12.3. The number of rotatable bonds is 5. The molecule has 0 aliphatic carbocycles. The van der Waals surface area contributed by atoms with Gasteiger partial charge in [-0.25, -0.2) is 0 Å². The Hall–Kier alpha value is -2.34. The number of amides is 1. The standard InChI is InChI=1S/C16H16N2O3S/c1-10-3-6-14(7-11(10)2)22-9-13-5-4-12(16(17)19)8-15(13)18(20)21/h3-8H,9H2,1-2H3,(H2,17,19). The van der Waals surface area contributed by atoms with Gasteiger partial charge in [0.2, 0.25) is 5.91 Å². The van der Waals surface area contributed by atoms with Gasteiger partial charge in [0.25, 0.3) is 5.69 Å². The smallest absolute Gasteiger partial charge is 0.274 e. The van der Waals surface area contributed by atoms with Gasteiger partial charge in [0.15, 0.2) is 0 Å². The van der Waals surface area contributed by atoms with E-state index in [9.17, 15) is 14.9 Å². The van der Waals surface area contributed by atoms with Crippen molar-refractivity contribution >= 4 is 23.4 Å². The van der Waals surface area contributed by atoms with Crippen LogP contribution in [0.3, 0.4) is 0 Å². The van der Waals surface area contributed by atoms with Crippen LogP contribution in [0.4, 0.5) is 5.69 Å². The third kappa shape index (κ3) is 3.65. The molecule has 0 fully saturated rings. The summed E-state index contributed by atoms with van der Waals surface area (Å²) in [5, 5.41) is 11.2. The predicted molar refractivity (Wildman–Crippen MR) is 87.1 cm³/mol. The molecule has 2 N–H and O–H groups in total. The SMILES string of the molecule is Cc1ccc(SCc2ccc(C(N)=O)cc2[N+](=O)[O-])cc1C. The van der Waals surface area contributed by atoms with Crippen LogP contribution in [-0.4, -0.2) is 10.8 Å². The summed E-state index contributed by atoms with van der Waals surface area (Å²) in [4.78, 5) is 22.8. The minimum atomic E-state index is -0.670. The molecule has 0 aliphatic rings. The summed E-state index contributed by atoms with van der Waals surface area (Å²) in [6.07, 6.45) is 0. The quantitative estimate of drug-likeness (QED) is 0.518. The van der Waals surface area contributed by atoms with Gasteiger partial charge in [0, 0.05) is 27.8 Å². The highest BCUT2D eigenvalue weighted by atomic mass is 32.2. The Morgan fingerprint density at radius 1 is 1.18 bits per heavy atom. The Kier molecular flexibility index (Phi) is 4.82. The van der Waals surface area contributed by atoms with E-state index in [4.69, 9.17) is 5.73 Å². The zero-order chi connectivity index (χ0) is 16.3. The molecule has 0 aliphatic heterocycles. The number of nitrogens with zero attached hydrogens (tertiary/aromatic N) is 1. The van der Waals surface area contributed by atoms with Crippen molar-refractivity contribution in [3.63, 3.8) is 0 Å². The lowest BCUT2D eigenvalue weighted by molar-refractivity contribution is -0.385. The molecule has 0 spiro atoms. The number of aryl methyl sites for hydroxylation is 2. The van der Waals surface area contributed by atoms with E-state index in [0.29, 0.717) is 11.3 Å². The maximum absolute atomic E-state index is 11.2. The molecule has 114 valence electrons. The first-order valence-corrected chi connectivity index (χ1v) is 7.64. The summed E-state index contributed by atoms with van der Waals surface area (Å²) < 4.78 is 0. The van der Waals surface area contributed by atoms with E-state index >= 15 is 0 Å². The number of thioether (sulfide) groups is 1. The summed E-state index contributed by atoms with van der Waals surface area (Å²) in [6.45, 7) is 4.07. The van der Waals surface area contributed by atoms with Crippen molar-refractivity contribution in [3.8, 4) is 0 Å². The van der Waals surface area contributed by atoms with Crippen molar-refractivity contribution in [2.45, 2.75) is 24.5 Å². The largest absolute Gasteiger partial charge is 0.366 e. The van der Waals surface area contributed by atoms with Gasteiger partial charge in [-0.3, -0.25) is 14.9 Å². The third-order valence-electron chi connectivity index (χ3n) is 3.44. The molecule has 0 saturated heterocycles. The average Bonchev–Trinajstić information content (AvgIpc) is 2.48. The van der Waals surface area contributed by atoms with Crippen molar-refractivity contribution in [3.05, 3.63) is 68.8 Å².